The predicted octanol–water partition coefficient (Wildman–Crippen LogP) is 0.832. The molecule has 2 aromatic heterocycles. The van der Waals surface area contributed by atoms with E-state index in [1.54, 1.807) is 6.33 Å². The van der Waals surface area contributed by atoms with Crippen molar-refractivity contribution in [3.63, 3.8) is 0 Å². The van der Waals surface area contributed by atoms with E-state index in [-0.39, 0.29) is 5.97 Å². The maximum absolute atomic E-state index is 10.7. The Bertz CT molecular complexity index is 676. The molecule has 0 aromatic carbocycles. The number of anilines is 1. The van der Waals surface area contributed by atoms with Gasteiger partial charge in [-0.3, -0.25) is 9.36 Å². The standard InChI is InChI=1S/C12H13N5O2/c1-7(18)19-4-9-2-8(9)3-17-6-16-10-11(13)14-5-15-12(10)17/h3,5-6,9H,2,4H2,1H3,(H2,13,14,15)/b8-3+/t9-/m0/s1. The van der Waals surface area contributed by atoms with Gasteiger partial charge in [0.2, 0.25) is 0 Å². The van der Waals surface area contributed by atoms with E-state index >= 15 is 0 Å². The molecule has 19 heavy (non-hydrogen) atoms. The summed E-state index contributed by atoms with van der Waals surface area (Å²) < 4.78 is 6.79. The van der Waals surface area contributed by atoms with E-state index in [1.165, 1.54) is 18.8 Å². The number of rotatable bonds is 3. The molecule has 0 amide bonds. The molecule has 0 spiro atoms. The van der Waals surface area contributed by atoms with Crippen LogP contribution in [0.15, 0.2) is 18.2 Å². The van der Waals surface area contributed by atoms with Crippen molar-refractivity contribution in [2.45, 2.75) is 13.3 Å². The zero-order chi connectivity index (χ0) is 13.4. The Morgan fingerprint density at radius 1 is 1.58 bits per heavy atom. The Kier molecular flexibility index (Phi) is 2.66. The van der Waals surface area contributed by atoms with E-state index < -0.39 is 0 Å². The monoisotopic (exact) mass is 259 g/mol. The number of nitrogen functional groups attached to an aromatic ring is 1. The third-order valence-electron chi connectivity index (χ3n) is 3.03. The van der Waals surface area contributed by atoms with Gasteiger partial charge in [0.25, 0.3) is 0 Å². The van der Waals surface area contributed by atoms with E-state index in [4.69, 9.17) is 10.5 Å². The Hall–Kier alpha value is -2.44. The van der Waals surface area contributed by atoms with Crippen molar-refractivity contribution in [2.75, 3.05) is 12.3 Å². The number of esters is 1. The van der Waals surface area contributed by atoms with Gasteiger partial charge in [0.1, 0.15) is 12.7 Å². The van der Waals surface area contributed by atoms with Crippen LogP contribution in [-0.4, -0.2) is 32.1 Å². The van der Waals surface area contributed by atoms with Crippen molar-refractivity contribution in [3.05, 3.63) is 18.2 Å². The number of carbonyl (C=O) groups excluding carboxylic acids is 1. The van der Waals surface area contributed by atoms with Crippen molar-refractivity contribution in [1.29, 1.82) is 0 Å². The van der Waals surface area contributed by atoms with Crippen LogP contribution in [0.3, 0.4) is 0 Å². The first-order valence-corrected chi connectivity index (χ1v) is 5.92. The van der Waals surface area contributed by atoms with Gasteiger partial charge in [0, 0.05) is 19.0 Å². The van der Waals surface area contributed by atoms with Crippen LogP contribution in [0.1, 0.15) is 13.3 Å². The van der Waals surface area contributed by atoms with Crippen molar-refractivity contribution in [2.24, 2.45) is 5.92 Å². The Morgan fingerprint density at radius 2 is 2.42 bits per heavy atom. The molecule has 7 heteroatoms. The summed E-state index contributed by atoms with van der Waals surface area (Å²) in [7, 11) is 0. The Labute approximate surface area is 109 Å². The average molecular weight is 259 g/mol. The number of carbonyl (C=O) groups is 1. The molecule has 0 unspecified atom stereocenters. The summed E-state index contributed by atoms with van der Waals surface area (Å²) in [6.45, 7) is 1.85. The highest BCUT2D eigenvalue weighted by Crippen LogP contribution is 2.38. The maximum Gasteiger partial charge on any atom is 0.302 e. The highest BCUT2D eigenvalue weighted by Gasteiger charge is 2.31. The first kappa shape index (κ1) is 11.6. The lowest BCUT2D eigenvalue weighted by molar-refractivity contribution is -0.141. The quantitative estimate of drug-likeness (QED) is 0.820. The average Bonchev–Trinajstić information content (AvgIpc) is 2.98. The summed E-state index contributed by atoms with van der Waals surface area (Å²) in [6, 6.07) is 0. The molecule has 1 aliphatic rings. The molecule has 0 bridgehead atoms. The largest absolute Gasteiger partial charge is 0.465 e. The molecule has 3 rings (SSSR count). The summed E-state index contributed by atoms with van der Waals surface area (Å²) in [5.41, 5.74) is 8.20. The molecule has 1 fully saturated rings. The van der Waals surface area contributed by atoms with Crippen molar-refractivity contribution in [1.82, 2.24) is 19.5 Å². The molecule has 2 heterocycles. The van der Waals surface area contributed by atoms with E-state index in [9.17, 15) is 4.79 Å². The van der Waals surface area contributed by atoms with E-state index in [0.29, 0.717) is 29.5 Å². The number of aromatic nitrogens is 4. The number of nitrogens with two attached hydrogens (primary N) is 1. The smallest absolute Gasteiger partial charge is 0.302 e. The molecular formula is C12H13N5O2. The molecule has 0 saturated heterocycles. The van der Waals surface area contributed by atoms with Gasteiger partial charge in [-0.05, 0) is 12.0 Å². The number of ether oxygens (including phenoxy) is 1. The fourth-order valence-corrected chi connectivity index (χ4v) is 1.91. The van der Waals surface area contributed by atoms with Crippen molar-refractivity contribution < 1.29 is 9.53 Å². The molecular weight excluding hydrogens is 246 g/mol. The Morgan fingerprint density at radius 3 is 3.21 bits per heavy atom. The van der Waals surface area contributed by atoms with E-state index in [0.717, 1.165) is 6.42 Å². The fourth-order valence-electron chi connectivity index (χ4n) is 1.91. The highest BCUT2D eigenvalue weighted by molar-refractivity contribution is 5.82. The van der Waals surface area contributed by atoms with Crippen LogP contribution >= 0.6 is 0 Å². The van der Waals surface area contributed by atoms with Gasteiger partial charge in [-0.15, -0.1) is 0 Å². The SMILES string of the molecule is CC(=O)OC[C@@H]1C/C1=C\n1cnc2c(N)ncnc21. The van der Waals surface area contributed by atoms with Gasteiger partial charge in [0.05, 0.1) is 6.61 Å². The lowest BCUT2D eigenvalue weighted by Gasteiger charge is -1.98. The molecule has 0 aliphatic heterocycles. The van der Waals surface area contributed by atoms with Crippen LogP contribution in [0.5, 0.6) is 0 Å². The normalized spacial score (nSPS) is 19.8. The molecule has 2 aromatic rings. The second-order valence-electron chi connectivity index (χ2n) is 4.49. The first-order chi connectivity index (χ1) is 9.15. The molecule has 0 radical (unpaired) electrons. The first-order valence-electron chi connectivity index (χ1n) is 5.92. The number of hydrogen-bond donors (Lipinski definition) is 1. The number of hydrogen-bond acceptors (Lipinski definition) is 6. The topological polar surface area (TPSA) is 95.9 Å². The summed E-state index contributed by atoms with van der Waals surface area (Å²) in [5, 5.41) is 0. The van der Waals surface area contributed by atoms with Crippen LogP contribution in [0.4, 0.5) is 5.82 Å². The summed E-state index contributed by atoms with van der Waals surface area (Å²) in [6.07, 6.45) is 5.95. The number of nitrogens with zero attached hydrogens (tertiary/aromatic N) is 4. The maximum atomic E-state index is 10.7. The molecule has 1 atom stereocenters. The van der Waals surface area contributed by atoms with Crippen LogP contribution in [0, 0.1) is 5.92 Å². The minimum atomic E-state index is -0.250. The minimum absolute atomic E-state index is 0.250. The van der Waals surface area contributed by atoms with Crippen LogP contribution in [0.2, 0.25) is 0 Å². The summed E-state index contributed by atoms with van der Waals surface area (Å²) in [5.74, 6) is 0.426. The molecule has 7 nitrogen and oxygen atoms in total. The molecule has 98 valence electrons. The van der Waals surface area contributed by atoms with Crippen molar-refractivity contribution >= 4 is 29.2 Å². The number of fused-ring (bicyclic) bond motifs is 1. The number of imidazole rings is 1. The van der Waals surface area contributed by atoms with Crippen LogP contribution in [0.25, 0.3) is 17.4 Å². The highest BCUT2D eigenvalue weighted by atomic mass is 16.5. The minimum Gasteiger partial charge on any atom is -0.465 e. The van der Waals surface area contributed by atoms with Gasteiger partial charge in [-0.25, -0.2) is 15.0 Å². The molecule has 1 aliphatic carbocycles. The summed E-state index contributed by atoms with van der Waals surface area (Å²) in [4.78, 5) is 23.0. The van der Waals surface area contributed by atoms with Gasteiger partial charge < -0.3 is 10.5 Å². The fraction of sp³-hybridized carbons (Fsp3) is 0.333. The third-order valence-corrected chi connectivity index (χ3v) is 3.03. The summed E-state index contributed by atoms with van der Waals surface area (Å²) >= 11 is 0. The van der Waals surface area contributed by atoms with Gasteiger partial charge >= 0.3 is 5.97 Å². The third kappa shape index (κ3) is 2.26. The van der Waals surface area contributed by atoms with E-state index in [1.807, 2.05) is 10.8 Å². The molecule has 2 N–H and O–H groups in total. The zero-order valence-corrected chi connectivity index (χ0v) is 10.4. The second-order valence-corrected chi connectivity index (χ2v) is 4.49. The lowest BCUT2D eigenvalue weighted by atomic mass is 10.4. The van der Waals surface area contributed by atoms with E-state index in [2.05, 4.69) is 15.0 Å². The van der Waals surface area contributed by atoms with Crippen molar-refractivity contribution in [3.8, 4) is 0 Å². The predicted molar refractivity (Wildman–Crippen MR) is 68.7 cm³/mol. The Balaban J connectivity index is 1.80. The second kappa shape index (κ2) is 4.34. The lowest BCUT2D eigenvalue weighted by Crippen LogP contribution is -2.01. The zero-order valence-electron chi connectivity index (χ0n) is 10.4. The van der Waals surface area contributed by atoms with Crippen LogP contribution < -0.4 is 5.73 Å². The molecule has 1 saturated carbocycles. The van der Waals surface area contributed by atoms with Gasteiger partial charge in [0.15, 0.2) is 17.0 Å². The van der Waals surface area contributed by atoms with Gasteiger partial charge in [-0.1, -0.05) is 0 Å². The van der Waals surface area contributed by atoms with Gasteiger partial charge in [-0.2, -0.15) is 0 Å². The van der Waals surface area contributed by atoms with Crippen LogP contribution in [-0.2, 0) is 9.53 Å².